The number of benzene rings is 6. The summed E-state index contributed by atoms with van der Waals surface area (Å²) in [6, 6.07) is 43.2. The number of aldehydes is 3. The van der Waals surface area contributed by atoms with E-state index in [4.69, 9.17) is 9.47 Å². The summed E-state index contributed by atoms with van der Waals surface area (Å²) in [7, 11) is 0. The number of rotatable bonds is 10. The molecule has 6 rings (SSSR count). The fourth-order valence-corrected chi connectivity index (χ4v) is 5.58. The highest BCUT2D eigenvalue weighted by Gasteiger charge is 2.30. The maximum atomic E-state index is 12.6. The van der Waals surface area contributed by atoms with Crippen molar-refractivity contribution in [3.63, 3.8) is 0 Å². The third kappa shape index (κ3) is 14.0. The van der Waals surface area contributed by atoms with Gasteiger partial charge in [-0.15, -0.1) is 0 Å². The lowest BCUT2D eigenvalue weighted by molar-refractivity contribution is -0.137. The molecule has 0 saturated heterocycles. The Morgan fingerprint density at radius 2 is 0.862 bits per heavy atom. The quantitative estimate of drug-likeness (QED) is 0.129. The largest absolute Gasteiger partial charge is 0.489 e. The average molecular weight is 787 g/mol. The highest BCUT2D eigenvalue weighted by Crippen LogP contribution is 2.30. The molecule has 0 radical (unpaired) electrons. The molecule has 0 unspecified atom stereocenters. The van der Waals surface area contributed by atoms with E-state index < -0.39 is 11.7 Å². The van der Waals surface area contributed by atoms with Crippen LogP contribution in [0.5, 0.6) is 11.5 Å². The lowest BCUT2D eigenvalue weighted by atomic mass is 9.86. The minimum Gasteiger partial charge on any atom is -0.489 e. The van der Waals surface area contributed by atoms with Crippen LogP contribution in [0.2, 0.25) is 0 Å². The topological polar surface area (TPSA) is 69.7 Å². The van der Waals surface area contributed by atoms with Gasteiger partial charge in [-0.05, 0) is 86.7 Å². The van der Waals surface area contributed by atoms with Crippen LogP contribution in [0.15, 0.2) is 146 Å². The Kier molecular flexibility index (Phi) is 15.5. The lowest BCUT2D eigenvalue weighted by Crippen LogP contribution is -2.10. The highest BCUT2D eigenvalue weighted by atomic mass is 19.4. The summed E-state index contributed by atoms with van der Waals surface area (Å²) in [4.78, 5) is 32.1. The van der Waals surface area contributed by atoms with E-state index in [-0.39, 0.29) is 17.4 Å². The SMILES string of the molecule is CC(C)(C)c1ccc(-c2cccc(C=O)c2)cc1.CC(C)(C)c1ccc(COc2cccc(C=O)c2)cc1.O=Cc1cccc(OCc2cccc(C(F)(F)F)c2)c1. The molecule has 8 heteroatoms. The van der Waals surface area contributed by atoms with Crippen LogP contribution in [0.1, 0.15) is 100 Å². The van der Waals surface area contributed by atoms with Gasteiger partial charge in [0.25, 0.3) is 0 Å². The van der Waals surface area contributed by atoms with E-state index in [1.165, 1.54) is 23.3 Å². The Balaban J connectivity index is 0.000000193. The Hall–Kier alpha value is -6.28. The Bertz CT molecular complexity index is 2240. The minimum atomic E-state index is -4.37. The van der Waals surface area contributed by atoms with Crippen molar-refractivity contribution in [1.29, 1.82) is 0 Å². The fourth-order valence-electron chi connectivity index (χ4n) is 5.58. The zero-order valence-corrected chi connectivity index (χ0v) is 33.7. The van der Waals surface area contributed by atoms with Gasteiger partial charge in [0, 0.05) is 16.7 Å². The van der Waals surface area contributed by atoms with Crippen LogP contribution in [0, 0.1) is 0 Å². The van der Waals surface area contributed by atoms with Gasteiger partial charge < -0.3 is 9.47 Å². The number of carbonyl (C=O) groups is 3. The van der Waals surface area contributed by atoms with Crippen molar-refractivity contribution in [1.82, 2.24) is 0 Å². The van der Waals surface area contributed by atoms with E-state index in [0.29, 0.717) is 40.9 Å². The van der Waals surface area contributed by atoms with E-state index >= 15 is 0 Å². The van der Waals surface area contributed by atoms with Gasteiger partial charge in [-0.25, -0.2) is 0 Å². The molecule has 0 amide bonds. The number of alkyl halides is 3. The summed E-state index contributed by atoms with van der Waals surface area (Å²) >= 11 is 0. The zero-order valence-electron chi connectivity index (χ0n) is 33.7. The monoisotopic (exact) mass is 786 g/mol. The van der Waals surface area contributed by atoms with E-state index in [1.54, 1.807) is 36.4 Å². The smallest absolute Gasteiger partial charge is 0.416 e. The summed E-state index contributed by atoms with van der Waals surface area (Å²) in [6.45, 7) is 13.7. The van der Waals surface area contributed by atoms with Crippen molar-refractivity contribution in [2.45, 2.75) is 71.8 Å². The van der Waals surface area contributed by atoms with Crippen LogP contribution in [-0.2, 0) is 30.2 Å². The standard InChI is InChI=1S/C18H20O2.C17H18O.C15H11F3O2/c1-18(2,3)16-9-7-14(8-10-16)13-20-17-6-4-5-15(11-17)12-19;1-17(2,3)16-9-7-14(8-10-16)15-6-4-5-13(11-15)12-18;16-15(17,18)13-5-1-4-12(7-13)10-20-14-6-2-3-11(8-14)9-19/h4-12H,13H2,1-3H3;4-12H,1-3H3;1-9H,10H2. The molecule has 6 aromatic rings. The third-order valence-electron chi connectivity index (χ3n) is 8.98. The second-order valence-corrected chi connectivity index (χ2v) is 15.7. The molecule has 6 aromatic carbocycles. The number of hydrogen-bond donors (Lipinski definition) is 0. The fraction of sp³-hybridized carbons (Fsp3) is 0.220. The predicted octanol–water partition coefficient (Wildman–Crippen LogP) is 12.9. The normalized spacial score (nSPS) is 11.2. The van der Waals surface area contributed by atoms with Gasteiger partial charge in [-0.2, -0.15) is 13.2 Å². The molecule has 0 bridgehead atoms. The van der Waals surface area contributed by atoms with Gasteiger partial charge >= 0.3 is 6.18 Å². The molecule has 5 nitrogen and oxygen atoms in total. The lowest BCUT2D eigenvalue weighted by Gasteiger charge is -2.19. The van der Waals surface area contributed by atoms with Gasteiger partial charge in [0.15, 0.2) is 0 Å². The number of carbonyl (C=O) groups excluding carboxylic acids is 3. The molecule has 0 spiro atoms. The van der Waals surface area contributed by atoms with Gasteiger partial charge in [0.2, 0.25) is 0 Å². The first-order valence-electron chi connectivity index (χ1n) is 18.8. The van der Waals surface area contributed by atoms with Gasteiger partial charge in [0.05, 0.1) is 5.56 Å². The van der Waals surface area contributed by atoms with Gasteiger partial charge in [-0.3, -0.25) is 14.4 Å². The van der Waals surface area contributed by atoms with Gasteiger partial charge in [-0.1, -0.05) is 145 Å². The molecule has 0 fully saturated rings. The molecule has 0 atom stereocenters. The van der Waals surface area contributed by atoms with Crippen LogP contribution < -0.4 is 9.47 Å². The first-order valence-corrected chi connectivity index (χ1v) is 18.8. The Labute approximate surface area is 339 Å². The summed E-state index contributed by atoms with van der Waals surface area (Å²) in [5.41, 5.74) is 7.81. The van der Waals surface area contributed by atoms with Crippen molar-refractivity contribution in [2.24, 2.45) is 0 Å². The van der Waals surface area contributed by atoms with Crippen molar-refractivity contribution in [3.05, 3.63) is 190 Å². The van der Waals surface area contributed by atoms with Crippen molar-refractivity contribution in [2.75, 3.05) is 0 Å². The molecule has 300 valence electrons. The second kappa shape index (κ2) is 20.2. The molecule has 0 aliphatic carbocycles. The molecule has 0 aromatic heterocycles. The van der Waals surface area contributed by atoms with Crippen LogP contribution in [0.25, 0.3) is 11.1 Å². The van der Waals surface area contributed by atoms with Crippen LogP contribution >= 0.6 is 0 Å². The highest BCUT2D eigenvalue weighted by molar-refractivity contribution is 5.79. The average Bonchev–Trinajstić information content (AvgIpc) is 3.22. The van der Waals surface area contributed by atoms with E-state index in [1.807, 2.05) is 36.4 Å². The van der Waals surface area contributed by atoms with E-state index in [2.05, 4.69) is 90.1 Å². The summed E-state index contributed by atoms with van der Waals surface area (Å²) < 4.78 is 48.7. The van der Waals surface area contributed by atoms with Crippen LogP contribution in [0.4, 0.5) is 13.2 Å². The number of hydrogen-bond acceptors (Lipinski definition) is 5. The summed E-state index contributed by atoms with van der Waals surface area (Å²) in [5, 5.41) is 0. The first kappa shape index (κ1) is 44.4. The molecule has 0 heterocycles. The van der Waals surface area contributed by atoms with Crippen molar-refractivity contribution < 1.29 is 37.0 Å². The van der Waals surface area contributed by atoms with Gasteiger partial charge in [0.1, 0.15) is 43.6 Å². The Morgan fingerprint density at radius 3 is 1.33 bits per heavy atom. The molecule has 0 aliphatic heterocycles. The molecule has 58 heavy (non-hydrogen) atoms. The van der Waals surface area contributed by atoms with Crippen molar-refractivity contribution in [3.8, 4) is 22.6 Å². The van der Waals surface area contributed by atoms with Crippen LogP contribution in [0.3, 0.4) is 0 Å². The number of halogens is 3. The minimum absolute atomic E-state index is 0.00618. The third-order valence-corrected chi connectivity index (χ3v) is 8.98. The predicted molar refractivity (Wildman–Crippen MR) is 225 cm³/mol. The van der Waals surface area contributed by atoms with E-state index in [0.717, 1.165) is 47.1 Å². The summed E-state index contributed by atoms with van der Waals surface area (Å²) in [6.07, 6.45) is -1.98. The Morgan fingerprint density at radius 1 is 0.431 bits per heavy atom. The molecular weight excluding hydrogens is 738 g/mol. The van der Waals surface area contributed by atoms with E-state index in [9.17, 15) is 27.6 Å². The van der Waals surface area contributed by atoms with Crippen LogP contribution in [-0.4, -0.2) is 18.9 Å². The zero-order chi connectivity index (χ0) is 42.3. The van der Waals surface area contributed by atoms with Crippen molar-refractivity contribution >= 4 is 18.9 Å². The molecular formula is C50H49F3O5. The molecule has 0 aliphatic rings. The summed E-state index contributed by atoms with van der Waals surface area (Å²) in [5.74, 6) is 1.15. The number of ether oxygens (including phenoxy) is 2. The second-order valence-electron chi connectivity index (χ2n) is 15.7. The first-order chi connectivity index (χ1) is 27.5. The molecule has 0 N–H and O–H groups in total. The molecule has 0 saturated carbocycles. The maximum absolute atomic E-state index is 12.6. The maximum Gasteiger partial charge on any atom is 0.416 e.